The van der Waals surface area contributed by atoms with Crippen molar-refractivity contribution in [3.05, 3.63) is 80.9 Å². The molecule has 1 aliphatic rings. The topological polar surface area (TPSA) is 52.7 Å². The van der Waals surface area contributed by atoms with E-state index < -0.39 is 0 Å². The van der Waals surface area contributed by atoms with E-state index in [2.05, 4.69) is 5.32 Å². The van der Waals surface area contributed by atoms with Crippen LogP contribution in [0.2, 0.25) is 10.0 Å². The van der Waals surface area contributed by atoms with Gasteiger partial charge in [0.1, 0.15) is 11.7 Å². The molecule has 1 N–H and O–H groups in total. The molecule has 1 heterocycles. The van der Waals surface area contributed by atoms with Crippen LogP contribution < -0.4 is 5.32 Å². The van der Waals surface area contributed by atoms with E-state index in [1.807, 2.05) is 30.3 Å². The molecule has 2 aromatic carbocycles. The van der Waals surface area contributed by atoms with Gasteiger partial charge in [-0.25, -0.2) is 4.79 Å². The molecule has 0 saturated heterocycles. The Balaban J connectivity index is 1.70. The zero-order valence-electron chi connectivity index (χ0n) is 14.2. The third-order valence-electron chi connectivity index (χ3n) is 4.04. The van der Waals surface area contributed by atoms with Gasteiger partial charge in [0.15, 0.2) is 0 Å². The van der Waals surface area contributed by atoms with Crippen LogP contribution in [-0.2, 0) is 17.9 Å². The van der Waals surface area contributed by atoms with Crippen molar-refractivity contribution in [2.75, 3.05) is 6.67 Å². The summed E-state index contributed by atoms with van der Waals surface area (Å²) in [5.74, 6) is -0.389. The Hall–Kier alpha value is -2.21. The van der Waals surface area contributed by atoms with Crippen LogP contribution in [0.4, 0.5) is 4.79 Å². The van der Waals surface area contributed by atoms with Gasteiger partial charge in [-0.3, -0.25) is 9.69 Å². The van der Waals surface area contributed by atoms with Gasteiger partial charge in [-0.15, -0.1) is 0 Å². The number of rotatable bonds is 4. The van der Waals surface area contributed by atoms with Gasteiger partial charge in [-0.1, -0.05) is 71.2 Å². The van der Waals surface area contributed by atoms with Gasteiger partial charge in [0, 0.05) is 28.4 Å². The summed E-state index contributed by atoms with van der Waals surface area (Å²) >= 11 is 18.4. The fraction of sp³-hybridized carbons (Fsp3) is 0.158. The summed E-state index contributed by atoms with van der Waals surface area (Å²) in [6.07, 6.45) is 1.33. The first-order valence-corrected chi connectivity index (χ1v) is 9.27. The molecular weight excluding hydrogens is 409 g/mol. The molecule has 0 unspecified atom stereocenters. The summed E-state index contributed by atoms with van der Waals surface area (Å²) in [5.41, 5.74) is 1.57. The molecule has 0 atom stereocenters. The highest BCUT2D eigenvalue weighted by molar-refractivity contribution is 6.42. The minimum absolute atomic E-state index is 0.0389. The van der Waals surface area contributed by atoms with Crippen LogP contribution in [0.15, 0.2) is 59.8 Å². The highest BCUT2D eigenvalue weighted by Crippen LogP contribution is 2.27. The molecule has 0 aromatic heterocycles. The fourth-order valence-electron chi connectivity index (χ4n) is 2.63. The first-order chi connectivity index (χ1) is 13.0. The summed E-state index contributed by atoms with van der Waals surface area (Å²) in [6, 6.07) is 14.3. The number of benzene rings is 2. The lowest BCUT2D eigenvalue weighted by Crippen LogP contribution is -2.48. The average molecular weight is 425 g/mol. The second kappa shape index (κ2) is 8.65. The van der Waals surface area contributed by atoms with E-state index in [1.54, 1.807) is 18.2 Å². The van der Waals surface area contributed by atoms with E-state index in [9.17, 15) is 9.59 Å². The molecule has 0 bridgehead atoms. The van der Waals surface area contributed by atoms with Gasteiger partial charge in [-0.2, -0.15) is 0 Å². The number of hydrogen-bond donors (Lipinski definition) is 1. The second-order valence-electron chi connectivity index (χ2n) is 5.94. The van der Waals surface area contributed by atoms with Crippen LogP contribution >= 0.6 is 34.8 Å². The Bertz CT molecular complexity index is 867. The molecule has 3 amide bonds. The number of halogens is 3. The third kappa shape index (κ3) is 4.75. The lowest BCUT2D eigenvalue weighted by Gasteiger charge is -2.33. The number of carbonyl (C=O) groups excluding carboxylic acids is 2. The van der Waals surface area contributed by atoms with E-state index in [-0.39, 0.29) is 30.2 Å². The minimum Gasteiger partial charge on any atom is -0.334 e. The molecule has 140 valence electrons. The number of urea groups is 1. The lowest BCUT2D eigenvalue weighted by molar-refractivity contribution is -0.129. The smallest absolute Gasteiger partial charge is 0.323 e. The van der Waals surface area contributed by atoms with Gasteiger partial charge in [-0.05, 0) is 17.7 Å². The van der Waals surface area contributed by atoms with Gasteiger partial charge < -0.3 is 10.2 Å². The zero-order valence-corrected chi connectivity index (χ0v) is 16.4. The zero-order chi connectivity index (χ0) is 19.4. The van der Waals surface area contributed by atoms with Gasteiger partial charge >= 0.3 is 6.03 Å². The normalized spacial score (nSPS) is 14.2. The number of amides is 3. The van der Waals surface area contributed by atoms with E-state index in [1.165, 1.54) is 16.0 Å². The van der Waals surface area contributed by atoms with E-state index in [0.29, 0.717) is 22.2 Å². The maximum Gasteiger partial charge on any atom is 0.323 e. The average Bonchev–Trinajstić information content (AvgIpc) is 2.66. The van der Waals surface area contributed by atoms with Crippen LogP contribution in [0.3, 0.4) is 0 Å². The summed E-state index contributed by atoms with van der Waals surface area (Å²) < 4.78 is 0. The maximum atomic E-state index is 12.5. The Morgan fingerprint density at radius 2 is 1.67 bits per heavy atom. The van der Waals surface area contributed by atoms with Crippen molar-refractivity contribution in [3.63, 3.8) is 0 Å². The van der Waals surface area contributed by atoms with Crippen molar-refractivity contribution in [1.29, 1.82) is 0 Å². The molecule has 0 radical (unpaired) electrons. The summed E-state index contributed by atoms with van der Waals surface area (Å²) in [7, 11) is 0. The van der Waals surface area contributed by atoms with Crippen LogP contribution in [-0.4, -0.2) is 28.4 Å². The molecular formula is C19H16Cl3N3O2. The Morgan fingerprint density at radius 1 is 1.00 bits per heavy atom. The van der Waals surface area contributed by atoms with Crippen molar-refractivity contribution < 1.29 is 9.59 Å². The number of hydrogen-bond acceptors (Lipinski definition) is 2. The van der Waals surface area contributed by atoms with Crippen molar-refractivity contribution in [1.82, 2.24) is 15.1 Å². The molecule has 0 saturated carbocycles. The lowest BCUT2D eigenvalue weighted by atomic mass is 10.2. The summed E-state index contributed by atoms with van der Waals surface area (Å²) in [5, 5.41) is 3.64. The molecule has 3 rings (SSSR count). The first kappa shape index (κ1) is 19.5. The molecule has 0 spiro atoms. The molecule has 1 aliphatic heterocycles. The number of nitrogens with zero attached hydrogens (tertiary/aromatic N) is 2. The van der Waals surface area contributed by atoms with Crippen molar-refractivity contribution >= 4 is 46.7 Å². The standard InChI is InChI=1S/C19H16Cl3N3O2/c20-15-7-4-8-16(21)14(15)10-24-12-25(11-17(22)18(24)26)19(27)23-9-13-5-2-1-3-6-13/h1-8,11H,9-10,12H2,(H,23,27). The fourth-order valence-corrected chi connectivity index (χ4v) is 3.38. The predicted octanol–water partition coefficient (Wildman–Crippen LogP) is 4.59. The quantitative estimate of drug-likeness (QED) is 0.781. The van der Waals surface area contributed by atoms with Crippen molar-refractivity contribution in [2.45, 2.75) is 13.1 Å². The van der Waals surface area contributed by atoms with Gasteiger partial charge in [0.25, 0.3) is 5.91 Å². The molecule has 0 fully saturated rings. The van der Waals surface area contributed by atoms with E-state index in [4.69, 9.17) is 34.8 Å². The SMILES string of the molecule is O=C(NCc1ccccc1)N1C=C(Cl)C(=O)N(Cc2c(Cl)cccc2Cl)C1. The minimum atomic E-state index is -0.389. The van der Waals surface area contributed by atoms with Crippen LogP contribution in [0.5, 0.6) is 0 Å². The Labute approximate surface area is 172 Å². The Morgan fingerprint density at radius 3 is 2.33 bits per heavy atom. The van der Waals surface area contributed by atoms with Gasteiger partial charge in [0.05, 0.1) is 6.54 Å². The third-order valence-corrected chi connectivity index (χ3v) is 5.01. The predicted molar refractivity (Wildman–Crippen MR) is 106 cm³/mol. The largest absolute Gasteiger partial charge is 0.334 e. The Kier molecular flexibility index (Phi) is 6.26. The molecule has 2 aromatic rings. The highest BCUT2D eigenvalue weighted by Gasteiger charge is 2.28. The molecule has 0 aliphatic carbocycles. The van der Waals surface area contributed by atoms with Gasteiger partial charge in [0.2, 0.25) is 0 Å². The second-order valence-corrected chi connectivity index (χ2v) is 7.16. The molecule has 8 heteroatoms. The number of carbonyl (C=O) groups is 2. The van der Waals surface area contributed by atoms with Crippen LogP contribution in [0.1, 0.15) is 11.1 Å². The first-order valence-electron chi connectivity index (χ1n) is 8.13. The van der Waals surface area contributed by atoms with Crippen molar-refractivity contribution in [2.24, 2.45) is 0 Å². The molecule has 27 heavy (non-hydrogen) atoms. The summed E-state index contributed by atoms with van der Waals surface area (Å²) in [4.78, 5) is 27.6. The molecule has 5 nitrogen and oxygen atoms in total. The van der Waals surface area contributed by atoms with Crippen LogP contribution in [0, 0.1) is 0 Å². The number of nitrogens with one attached hydrogen (secondary N) is 1. The maximum absolute atomic E-state index is 12.5. The van der Waals surface area contributed by atoms with Crippen molar-refractivity contribution in [3.8, 4) is 0 Å². The summed E-state index contributed by atoms with van der Waals surface area (Å²) in [6.45, 7) is 0.549. The highest BCUT2D eigenvalue weighted by atomic mass is 35.5. The van der Waals surface area contributed by atoms with Crippen LogP contribution in [0.25, 0.3) is 0 Å². The van der Waals surface area contributed by atoms with E-state index >= 15 is 0 Å². The monoisotopic (exact) mass is 423 g/mol. The van der Waals surface area contributed by atoms with E-state index in [0.717, 1.165) is 5.56 Å².